The van der Waals surface area contributed by atoms with Crippen LogP contribution in [0.5, 0.6) is 5.75 Å². The highest BCUT2D eigenvalue weighted by atomic mass is 79.9. The third-order valence-electron chi connectivity index (χ3n) is 3.61. The summed E-state index contributed by atoms with van der Waals surface area (Å²) >= 11 is 9.49. The van der Waals surface area contributed by atoms with Gasteiger partial charge >= 0.3 is 0 Å². The first-order chi connectivity index (χ1) is 12.4. The Morgan fingerprint density at radius 2 is 1.88 bits per heavy atom. The van der Waals surface area contributed by atoms with Crippen LogP contribution in [0.15, 0.2) is 64.1 Å². The van der Waals surface area contributed by atoms with Gasteiger partial charge in [-0.05, 0) is 51.8 Å². The van der Waals surface area contributed by atoms with Crippen LogP contribution < -0.4 is 9.46 Å². The molecule has 0 saturated heterocycles. The van der Waals surface area contributed by atoms with Gasteiger partial charge in [0.05, 0.1) is 23.0 Å². The van der Waals surface area contributed by atoms with Crippen LogP contribution in [0.4, 0.5) is 5.82 Å². The highest BCUT2D eigenvalue weighted by Gasteiger charge is 2.18. The minimum Gasteiger partial charge on any atom is -0.497 e. The SMILES string of the molecule is COc1ccc(S(=O)(=O)Nc2nn(Cc3ccccc3Cl)cc2Br)cc1. The van der Waals surface area contributed by atoms with Gasteiger partial charge in [0.1, 0.15) is 5.75 Å². The number of benzene rings is 2. The van der Waals surface area contributed by atoms with Gasteiger partial charge in [-0.1, -0.05) is 29.8 Å². The van der Waals surface area contributed by atoms with Crippen molar-refractivity contribution in [3.05, 3.63) is 69.8 Å². The van der Waals surface area contributed by atoms with E-state index in [4.69, 9.17) is 16.3 Å². The van der Waals surface area contributed by atoms with Gasteiger partial charge in [-0.25, -0.2) is 8.42 Å². The number of ether oxygens (including phenoxy) is 1. The summed E-state index contributed by atoms with van der Waals surface area (Å²) in [4.78, 5) is 0.117. The molecular weight excluding hydrogens is 442 g/mol. The minimum atomic E-state index is -3.77. The molecular formula is C17H15BrClN3O3S. The van der Waals surface area contributed by atoms with Crippen molar-refractivity contribution >= 4 is 43.4 Å². The molecule has 0 aliphatic carbocycles. The first kappa shape index (κ1) is 18.8. The quantitative estimate of drug-likeness (QED) is 0.604. The zero-order valence-electron chi connectivity index (χ0n) is 13.7. The van der Waals surface area contributed by atoms with Crippen LogP contribution in [0.1, 0.15) is 5.56 Å². The molecule has 1 heterocycles. The molecule has 0 aliphatic rings. The fourth-order valence-corrected chi connectivity index (χ4v) is 4.05. The lowest BCUT2D eigenvalue weighted by molar-refractivity contribution is 0.414. The van der Waals surface area contributed by atoms with Gasteiger partial charge in [0.25, 0.3) is 10.0 Å². The van der Waals surface area contributed by atoms with E-state index in [9.17, 15) is 8.42 Å². The zero-order chi connectivity index (χ0) is 18.7. The van der Waals surface area contributed by atoms with Crippen molar-refractivity contribution in [2.75, 3.05) is 11.8 Å². The van der Waals surface area contributed by atoms with E-state index in [0.29, 0.717) is 21.8 Å². The lowest BCUT2D eigenvalue weighted by Gasteiger charge is -2.07. The van der Waals surface area contributed by atoms with Crippen molar-refractivity contribution in [3.63, 3.8) is 0 Å². The molecule has 0 amide bonds. The molecule has 3 aromatic rings. The highest BCUT2D eigenvalue weighted by Crippen LogP contribution is 2.25. The molecule has 136 valence electrons. The maximum Gasteiger partial charge on any atom is 0.263 e. The Kier molecular flexibility index (Phi) is 5.55. The largest absolute Gasteiger partial charge is 0.497 e. The topological polar surface area (TPSA) is 73.2 Å². The summed E-state index contributed by atoms with van der Waals surface area (Å²) < 4.78 is 34.7. The van der Waals surface area contributed by atoms with E-state index in [0.717, 1.165) is 5.56 Å². The molecule has 1 aromatic heterocycles. The summed E-state index contributed by atoms with van der Waals surface area (Å²) in [7, 11) is -2.25. The number of halogens is 2. The van der Waals surface area contributed by atoms with Crippen LogP contribution in [0.25, 0.3) is 0 Å². The summed E-state index contributed by atoms with van der Waals surface area (Å²) in [5, 5.41) is 4.91. The van der Waals surface area contributed by atoms with E-state index in [1.807, 2.05) is 18.2 Å². The molecule has 0 unspecified atom stereocenters. The van der Waals surface area contributed by atoms with Crippen molar-refractivity contribution in [3.8, 4) is 5.75 Å². The van der Waals surface area contributed by atoms with Crippen molar-refractivity contribution in [2.24, 2.45) is 0 Å². The number of hydrogen-bond donors (Lipinski definition) is 1. The van der Waals surface area contributed by atoms with E-state index in [-0.39, 0.29) is 10.7 Å². The number of hydrogen-bond acceptors (Lipinski definition) is 4. The number of nitrogens with zero attached hydrogens (tertiary/aromatic N) is 2. The van der Waals surface area contributed by atoms with E-state index < -0.39 is 10.0 Å². The summed E-state index contributed by atoms with van der Waals surface area (Å²) in [6.45, 7) is 0.419. The maximum atomic E-state index is 12.5. The highest BCUT2D eigenvalue weighted by molar-refractivity contribution is 9.10. The summed E-state index contributed by atoms with van der Waals surface area (Å²) in [6.07, 6.45) is 1.69. The predicted octanol–water partition coefficient (Wildman–Crippen LogP) is 4.16. The van der Waals surface area contributed by atoms with E-state index in [2.05, 4.69) is 25.8 Å². The van der Waals surface area contributed by atoms with Crippen LogP contribution in [-0.4, -0.2) is 25.3 Å². The van der Waals surface area contributed by atoms with Crippen LogP contribution in [0.3, 0.4) is 0 Å². The minimum absolute atomic E-state index is 0.117. The normalized spacial score (nSPS) is 11.3. The lowest BCUT2D eigenvalue weighted by Crippen LogP contribution is -2.14. The van der Waals surface area contributed by atoms with Gasteiger partial charge in [0, 0.05) is 11.2 Å². The van der Waals surface area contributed by atoms with Crippen molar-refractivity contribution in [2.45, 2.75) is 11.4 Å². The Labute approximate surface area is 164 Å². The number of aromatic nitrogens is 2. The van der Waals surface area contributed by atoms with Crippen LogP contribution in [0.2, 0.25) is 5.02 Å². The van der Waals surface area contributed by atoms with Crippen molar-refractivity contribution < 1.29 is 13.2 Å². The molecule has 6 nitrogen and oxygen atoms in total. The summed E-state index contributed by atoms with van der Waals surface area (Å²) in [5.41, 5.74) is 0.883. The molecule has 0 radical (unpaired) electrons. The third-order valence-corrected chi connectivity index (χ3v) is 5.91. The van der Waals surface area contributed by atoms with Gasteiger partial charge < -0.3 is 4.74 Å². The number of rotatable bonds is 6. The Balaban J connectivity index is 1.81. The van der Waals surface area contributed by atoms with Gasteiger partial charge in [-0.2, -0.15) is 5.10 Å². The maximum absolute atomic E-state index is 12.5. The molecule has 1 N–H and O–H groups in total. The number of methoxy groups -OCH3 is 1. The van der Waals surface area contributed by atoms with Crippen LogP contribution in [-0.2, 0) is 16.6 Å². The molecule has 0 spiro atoms. The van der Waals surface area contributed by atoms with E-state index >= 15 is 0 Å². The van der Waals surface area contributed by atoms with Gasteiger partial charge in [-0.3, -0.25) is 9.40 Å². The molecule has 0 aliphatic heterocycles. The Morgan fingerprint density at radius 3 is 2.54 bits per heavy atom. The standard InChI is InChI=1S/C17H15BrClN3O3S/c1-25-13-6-8-14(9-7-13)26(23,24)21-17-15(18)11-22(20-17)10-12-4-2-3-5-16(12)19/h2-9,11H,10H2,1H3,(H,20,21). The van der Waals surface area contributed by atoms with Gasteiger partial charge in [0.2, 0.25) is 0 Å². The zero-order valence-corrected chi connectivity index (χ0v) is 16.8. The van der Waals surface area contributed by atoms with Crippen LogP contribution >= 0.6 is 27.5 Å². The molecule has 26 heavy (non-hydrogen) atoms. The summed E-state index contributed by atoms with van der Waals surface area (Å²) in [5.74, 6) is 0.780. The molecule has 0 saturated carbocycles. The Hall–Kier alpha value is -2.03. The monoisotopic (exact) mass is 455 g/mol. The molecule has 0 bridgehead atoms. The number of nitrogens with one attached hydrogen (secondary N) is 1. The average Bonchev–Trinajstić information content (AvgIpc) is 2.95. The smallest absolute Gasteiger partial charge is 0.263 e. The molecule has 2 aromatic carbocycles. The average molecular weight is 457 g/mol. The van der Waals surface area contributed by atoms with Crippen molar-refractivity contribution in [1.82, 2.24) is 9.78 Å². The van der Waals surface area contributed by atoms with Gasteiger partial charge in [-0.15, -0.1) is 0 Å². The molecule has 9 heteroatoms. The third kappa shape index (κ3) is 4.20. The van der Waals surface area contributed by atoms with Crippen molar-refractivity contribution in [1.29, 1.82) is 0 Å². The fourth-order valence-electron chi connectivity index (χ4n) is 2.29. The second-order valence-corrected chi connectivity index (χ2v) is 8.34. The Bertz CT molecular complexity index is 1020. The second-order valence-electron chi connectivity index (χ2n) is 5.40. The van der Waals surface area contributed by atoms with E-state index in [1.54, 1.807) is 29.1 Å². The Morgan fingerprint density at radius 1 is 1.19 bits per heavy atom. The summed E-state index contributed by atoms with van der Waals surface area (Å²) in [6, 6.07) is 13.5. The number of anilines is 1. The lowest BCUT2D eigenvalue weighted by atomic mass is 10.2. The number of sulfonamides is 1. The van der Waals surface area contributed by atoms with E-state index in [1.165, 1.54) is 19.2 Å². The first-order valence-electron chi connectivity index (χ1n) is 7.52. The fraction of sp³-hybridized carbons (Fsp3) is 0.118. The van der Waals surface area contributed by atoms with Gasteiger partial charge in [0.15, 0.2) is 5.82 Å². The van der Waals surface area contributed by atoms with Crippen LogP contribution in [0, 0.1) is 0 Å². The predicted molar refractivity (Wildman–Crippen MR) is 104 cm³/mol. The first-order valence-corrected chi connectivity index (χ1v) is 10.2. The molecule has 0 fully saturated rings. The molecule has 0 atom stereocenters. The second kappa shape index (κ2) is 7.69. The molecule has 3 rings (SSSR count).